The Hall–Kier alpha value is 2.17. The van der Waals surface area contributed by atoms with Gasteiger partial charge in [0, 0.05) is 19.5 Å². The maximum atomic E-state index is 8.88. The van der Waals surface area contributed by atoms with Crippen LogP contribution in [-0.4, -0.2) is 81.1 Å². The van der Waals surface area contributed by atoms with Crippen molar-refractivity contribution < 1.29 is 59.1 Å². The van der Waals surface area contributed by atoms with Gasteiger partial charge >= 0.3 is 67.1 Å². The third-order valence-electron chi connectivity index (χ3n) is 0. The van der Waals surface area contributed by atoms with E-state index in [1.807, 2.05) is 0 Å². The number of phosphoric acid groups is 1. The molecule has 0 saturated carbocycles. The van der Waals surface area contributed by atoms with Gasteiger partial charge in [-0.15, -0.1) is 0 Å². The minimum absolute atomic E-state index is 0. The maximum Gasteiger partial charge on any atom is 2.00 e. The zero-order valence-corrected chi connectivity index (χ0v) is 14.8. The molecule has 5 N–H and O–H groups in total. The molecule has 0 heterocycles. The monoisotopic (exact) mass is 400 g/mol. The summed E-state index contributed by atoms with van der Waals surface area (Å²) in [4.78, 5) is 21.6. The quantitative estimate of drug-likeness (QED) is 0.182. The molecular weight excluding hydrogens is 394 g/mol. The van der Waals surface area contributed by atoms with Crippen LogP contribution >= 0.6 is 7.82 Å². The summed E-state index contributed by atoms with van der Waals surface area (Å²) in [5, 5.41) is 0. The molecule has 0 unspecified atom stereocenters. The number of hydrogen-bond donors (Lipinski definition) is 5. The Morgan fingerprint density at radius 1 is 1.08 bits per heavy atom. The smallest absolute Gasteiger partial charge is 1.00 e. The van der Waals surface area contributed by atoms with Gasteiger partial charge in [0.05, 0.1) is 0 Å². The van der Waals surface area contributed by atoms with E-state index in [9.17, 15) is 0 Å². The van der Waals surface area contributed by atoms with Gasteiger partial charge in [0.25, 0.3) is 0 Å². The van der Waals surface area contributed by atoms with Crippen molar-refractivity contribution in [2.75, 3.05) is 0 Å². The van der Waals surface area contributed by atoms with Crippen LogP contribution < -0.4 is 0 Å². The van der Waals surface area contributed by atoms with Crippen molar-refractivity contribution in [3.63, 3.8) is 0 Å². The van der Waals surface area contributed by atoms with Crippen molar-refractivity contribution in [1.82, 2.24) is 0 Å². The molecule has 0 aliphatic heterocycles. The molecule has 0 aliphatic rings. The molecule has 0 aromatic heterocycles. The van der Waals surface area contributed by atoms with Gasteiger partial charge in [-0.2, -0.15) is 8.42 Å². The Kier molecular flexibility index (Phi) is 19.2. The van der Waals surface area contributed by atoms with Gasteiger partial charge in [0.1, 0.15) is 0 Å². The average molecular weight is 401 g/mol. The molecule has 0 fully saturated rings. The van der Waals surface area contributed by atoms with E-state index in [0.717, 1.165) is 0 Å². The second-order valence-corrected chi connectivity index (χ2v) is 2.88. The number of hydrogen-bond acceptors (Lipinski definition) is 3. The largest absolute Gasteiger partial charge is 2.00 e. The SMILES string of the molecule is O=P(O)(O)O.O=S(=O)(O)O.[Ba+2].[H-].[H-].[Zn]. The van der Waals surface area contributed by atoms with Crippen LogP contribution in [-0.2, 0) is 34.4 Å². The Bertz CT molecular complexity index is 205. The van der Waals surface area contributed by atoms with E-state index in [2.05, 4.69) is 0 Å². The Morgan fingerprint density at radius 3 is 1.08 bits per heavy atom. The Labute approximate surface area is 124 Å². The van der Waals surface area contributed by atoms with Crippen molar-refractivity contribution >= 4 is 67.1 Å². The van der Waals surface area contributed by atoms with Gasteiger partial charge in [0.2, 0.25) is 0 Å². The molecule has 0 radical (unpaired) electrons. The standard InChI is InChI=1S/Ba.H3O4P.H2O4S.Zn.2H/c;2*1-5(2,3)4;;;/h;(H3,1,2,3,4);(H2,1,2,3,4);;;/q+2;;;;2*-1. The fourth-order valence-electron chi connectivity index (χ4n) is 0. The number of rotatable bonds is 0. The van der Waals surface area contributed by atoms with Crippen molar-refractivity contribution in [3.8, 4) is 0 Å². The fraction of sp³-hybridized carbons (Fsp3) is 0. The van der Waals surface area contributed by atoms with Crippen LogP contribution in [0.5, 0.6) is 0 Å². The van der Waals surface area contributed by atoms with Crippen molar-refractivity contribution in [2.24, 2.45) is 0 Å². The van der Waals surface area contributed by atoms with Crippen LogP contribution in [0.2, 0.25) is 0 Å². The van der Waals surface area contributed by atoms with Crippen molar-refractivity contribution in [2.45, 2.75) is 0 Å². The van der Waals surface area contributed by atoms with Crippen molar-refractivity contribution in [1.29, 1.82) is 0 Å². The first-order valence-corrected chi connectivity index (χ1v) is 4.44. The average Bonchev–Trinajstić information content (AvgIpc) is 1.12. The molecule has 0 saturated heterocycles. The van der Waals surface area contributed by atoms with Crippen molar-refractivity contribution in [3.05, 3.63) is 0 Å². The fourth-order valence-corrected chi connectivity index (χ4v) is 0. The summed E-state index contributed by atoms with van der Waals surface area (Å²) in [5.41, 5.74) is 0. The van der Waals surface area contributed by atoms with Gasteiger partial charge in [-0.25, -0.2) is 4.57 Å². The predicted octanol–water partition coefficient (Wildman–Crippen LogP) is -1.74. The van der Waals surface area contributed by atoms with Gasteiger partial charge < -0.3 is 17.5 Å². The molecule has 0 atom stereocenters. The first-order chi connectivity index (χ1) is 4.00. The molecule has 0 amide bonds. The Balaban J connectivity index is -0.0000000178. The molecular formula is H7BaO8PSZn. The zero-order valence-electron chi connectivity index (χ0n) is 7.73. The van der Waals surface area contributed by atoms with Gasteiger partial charge in [-0.3, -0.25) is 9.11 Å². The summed E-state index contributed by atoms with van der Waals surface area (Å²) in [6, 6.07) is 0. The maximum absolute atomic E-state index is 8.88. The molecule has 0 aromatic carbocycles. The summed E-state index contributed by atoms with van der Waals surface area (Å²) in [6.45, 7) is 0. The van der Waals surface area contributed by atoms with E-state index in [1.54, 1.807) is 0 Å². The first kappa shape index (κ1) is 23.8. The summed E-state index contributed by atoms with van der Waals surface area (Å²) in [6.07, 6.45) is 0. The summed E-state index contributed by atoms with van der Waals surface area (Å²) in [5.74, 6) is 0. The van der Waals surface area contributed by atoms with Crippen LogP contribution in [0.4, 0.5) is 0 Å². The molecule has 0 aliphatic carbocycles. The van der Waals surface area contributed by atoms with E-state index in [-0.39, 0.29) is 71.2 Å². The third kappa shape index (κ3) is 321. The van der Waals surface area contributed by atoms with Crippen LogP contribution in [0.1, 0.15) is 2.85 Å². The summed E-state index contributed by atoms with van der Waals surface area (Å²) in [7, 11) is -9.31. The van der Waals surface area contributed by atoms with E-state index < -0.39 is 18.2 Å². The van der Waals surface area contributed by atoms with E-state index in [4.69, 9.17) is 36.8 Å². The molecule has 0 aromatic rings. The minimum Gasteiger partial charge on any atom is -1.00 e. The third-order valence-corrected chi connectivity index (χ3v) is 0. The van der Waals surface area contributed by atoms with Crippen LogP contribution in [0, 0.1) is 0 Å². The minimum atomic E-state index is -4.67. The zero-order chi connectivity index (χ0) is 9.00. The summed E-state index contributed by atoms with van der Waals surface area (Å²) >= 11 is 0. The molecule has 0 bridgehead atoms. The normalized spacial score (nSPS) is 9.75. The first-order valence-electron chi connectivity index (χ1n) is 1.48. The molecule has 70 valence electrons. The second-order valence-electron chi connectivity index (χ2n) is 0.961. The van der Waals surface area contributed by atoms with Gasteiger partial charge in [-0.1, -0.05) is 0 Å². The topological polar surface area (TPSA) is 152 Å². The molecule has 12 heavy (non-hydrogen) atoms. The van der Waals surface area contributed by atoms with E-state index in [0.29, 0.717) is 0 Å². The van der Waals surface area contributed by atoms with Crippen LogP contribution in [0.3, 0.4) is 0 Å². The van der Waals surface area contributed by atoms with E-state index in [1.165, 1.54) is 0 Å². The molecule has 0 rings (SSSR count). The molecule has 12 heteroatoms. The van der Waals surface area contributed by atoms with Crippen LogP contribution in [0.15, 0.2) is 0 Å². The molecule has 8 nitrogen and oxygen atoms in total. The second kappa shape index (κ2) is 9.72. The summed E-state index contributed by atoms with van der Waals surface area (Å²) < 4.78 is 40.5. The Morgan fingerprint density at radius 2 is 1.08 bits per heavy atom. The van der Waals surface area contributed by atoms with Gasteiger partial charge in [-0.05, 0) is 0 Å². The van der Waals surface area contributed by atoms with E-state index >= 15 is 0 Å². The van der Waals surface area contributed by atoms with Crippen LogP contribution in [0.25, 0.3) is 0 Å². The molecule has 0 spiro atoms. The van der Waals surface area contributed by atoms with Gasteiger partial charge in [0.15, 0.2) is 0 Å². The predicted molar refractivity (Wildman–Crippen MR) is 36.4 cm³/mol.